The van der Waals surface area contributed by atoms with Crippen molar-refractivity contribution in [3.63, 3.8) is 0 Å². The van der Waals surface area contributed by atoms with Crippen LogP contribution in [0.5, 0.6) is 0 Å². The first kappa shape index (κ1) is 14.7. The maximum absolute atomic E-state index is 12.4. The van der Waals surface area contributed by atoms with Gasteiger partial charge in [-0.1, -0.05) is 0 Å². The summed E-state index contributed by atoms with van der Waals surface area (Å²) in [5, 5.41) is 3.35. The molecule has 0 aliphatic heterocycles. The maximum Gasteiger partial charge on any atom is 0.274 e. The molecule has 0 unspecified atom stereocenters. The summed E-state index contributed by atoms with van der Waals surface area (Å²) in [7, 11) is 0. The van der Waals surface area contributed by atoms with Crippen LogP contribution in [0.4, 0.5) is 5.00 Å². The number of rotatable bonds is 3. The number of fused-ring (bicyclic) bond motifs is 1. The summed E-state index contributed by atoms with van der Waals surface area (Å²) >= 11 is 1.45. The average Bonchev–Trinajstić information content (AvgIpc) is 2.96. The van der Waals surface area contributed by atoms with Crippen molar-refractivity contribution in [2.24, 2.45) is 5.73 Å². The highest BCUT2D eigenvalue weighted by atomic mass is 32.1. The minimum atomic E-state index is -0.483. The molecule has 0 saturated carbocycles. The number of anilines is 1. The zero-order chi connectivity index (χ0) is 15.9. The Kier molecular flexibility index (Phi) is 3.70. The molecule has 114 valence electrons. The van der Waals surface area contributed by atoms with Gasteiger partial charge in [0, 0.05) is 10.6 Å². The van der Waals surface area contributed by atoms with Crippen molar-refractivity contribution in [2.75, 3.05) is 5.32 Å². The maximum atomic E-state index is 12.4. The van der Waals surface area contributed by atoms with Crippen molar-refractivity contribution in [3.05, 3.63) is 45.1 Å². The molecular weight excluding hydrogens is 298 g/mol. The monoisotopic (exact) mass is 315 g/mol. The summed E-state index contributed by atoms with van der Waals surface area (Å²) < 4.78 is 0. The van der Waals surface area contributed by atoms with Gasteiger partial charge < -0.3 is 11.1 Å². The van der Waals surface area contributed by atoms with Gasteiger partial charge in [-0.3, -0.25) is 9.59 Å². The minimum absolute atomic E-state index is 0.311. The van der Waals surface area contributed by atoms with E-state index in [0.29, 0.717) is 16.3 Å². The van der Waals surface area contributed by atoms with Crippen LogP contribution in [-0.4, -0.2) is 16.8 Å². The van der Waals surface area contributed by atoms with Crippen molar-refractivity contribution in [2.45, 2.75) is 33.1 Å². The van der Waals surface area contributed by atoms with Gasteiger partial charge in [-0.25, -0.2) is 4.98 Å². The predicted molar refractivity (Wildman–Crippen MR) is 86.5 cm³/mol. The predicted octanol–water partition coefficient (Wildman–Crippen LogP) is 2.60. The third-order valence-corrected chi connectivity index (χ3v) is 4.93. The lowest BCUT2D eigenvalue weighted by Crippen LogP contribution is -2.18. The second-order valence-electron chi connectivity index (χ2n) is 5.55. The standard InChI is InChI=1S/C16H17N3O2S/c1-8-6-9(2)18-11(7-8)15(21)19-16-13(14(17)20)10-4-3-5-12(10)22-16/h6-7H,3-5H2,1-2H3,(H2,17,20)(H,19,21). The highest BCUT2D eigenvalue weighted by molar-refractivity contribution is 7.17. The number of nitrogens with zero attached hydrogens (tertiary/aromatic N) is 1. The molecule has 3 rings (SSSR count). The molecule has 2 amide bonds. The van der Waals surface area contributed by atoms with Crippen LogP contribution >= 0.6 is 11.3 Å². The smallest absolute Gasteiger partial charge is 0.274 e. The number of nitrogens with two attached hydrogens (primary N) is 1. The summed E-state index contributed by atoms with van der Waals surface area (Å²) in [6.45, 7) is 3.76. The quantitative estimate of drug-likeness (QED) is 0.913. The Morgan fingerprint density at radius 2 is 2.05 bits per heavy atom. The van der Waals surface area contributed by atoms with Gasteiger partial charge in [-0.15, -0.1) is 11.3 Å². The number of carbonyl (C=O) groups is 2. The Morgan fingerprint density at radius 3 is 2.73 bits per heavy atom. The van der Waals surface area contributed by atoms with E-state index in [1.54, 1.807) is 6.07 Å². The number of nitrogens with one attached hydrogen (secondary N) is 1. The molecular formula is C16H17N3O2S. The van der Waals surface area contributed by atoms with Crippen molar-refractivity contribution in [1.29, 1.82) is 0 Å². The summed E-state index contributed by atoms with van der Waals surface area (Å²) in [6, 6.07) is 3.64. The van der Waals surface area contributed by atoms with Crippen molar-refractivity contribution in [1.82, 2.24) is 4.98 Å². The Bertz CT molecular complexity index is 760. The van der Waals surface area contributed by atoms with E-state index >= 15 is 0 Å². The van der Waals surface area contributed by atoms with Gasteiger partial charge >= 0.3 is 0 Å². The number of aryl methyl sites for hydroxylation is 3. The second-order valence-corrected chi connectivity index (χ2v) is 6.66. The number of pyridine rings is 1. The fourth-order valence-electron chi connectivity index (χ4n) is 2.88. The summed E-state index contributed by atoms with van der Waals surface area (Å²) in [6.07, 6.45) is 2.83. The van der Waals surface area contributed by atoms with Crippen LogP contribution in [-0.2, 0) is 12.8 Å². The highest BCUT2D eigenvalue weighted by Crippen LogP contribution is 2.38. The number of aromatic nitrogens is 1. The van der Waals surface area contributed by atoms with E-state index in [1.165, 1.54) is 11.3 Å². The van der Waals surface area contributed by atoms with Crippen LogP contribution in [0.15, 0.2) is 12.1 Å². The van der Waals surface area contributed by atoms with Crippen molar-refractivity contribution < 1.29 is 9.59 Å². The normalized spacial score (nSPS) is 13.0. The van der Waals surface area contributed by atoms with Crippen LogP contribution in [0.2, 0.25) is 0 Å². The number of carbonyl (C=O) groups excluding carboxylic acids is 2. The summed E-state index contributed by atoms with van der Waals surface area (Å²) in [5.41, 5.74) is 9.07. The molecule has 2 heterocycles. The number of hydrogen-bond acceptors (Lipinski definition) is 4. The van der Waals surface area contributed by atoms with Crippen LogP contribution in [0.1, 0.15) is 49.0 Å². The van der Waals surface area contributed by atoms with Crippen LogP contribution in [0, 0.1) is 13.8 Å². The number of thiophene rings is 1. The van der Waals surface area contributed by atoms with E-state index < -0.39 is 5.91 Å². The van der Waals surface area contributed by atoms with Gasteiger partial charge in [0.05, 0.1) is 5.56 Å². The second kappa shape index (κ2) is 5.53. The topological polar surface area (TPSA) is 85.1 Å². The molecule has 3 N–H and O–H groups in total. The molecule has 0 spiro atoms. The third kappa shape index (κ3) is 2.62. The Balaban J connectivity index is 1.93. The lowest BCUT2D eigenvalue weighted by Gasteiger charge is -2.07. The molecule has 5 nitrogen and oxygen atoms in total. The van der Waals surface area contributed by atoms with Gasteiger partial charge in [0.25, 0.3) is 11.8 Å². The van der Waals surface area contributed by atoms with Crippen LogP contribution < -0.4 is 11.1 Å². The Morgan fingerprint density at radius 1 is 1.27 bits per heavy atom. The first-order valence-corrected chi connectivity index (χ1v) is 7.98. The van der Waals surface area contributed by atoms with Gasteiger partial charge in [-0.05, 0) is 56.4 Å². The zero-order valence-electron chi connectivity index (χ0n) is 12.5. The molecule has 0 fully saturated rings. The van der Waals surface area contributed by atoms with E-state index in [9.17, 15) is 9.59 Å². The molecule has 0 bridgehead atoms. The Hall–Kier alpha value is -2.21. The number of amides is 2. The molecule has 2 aromatic heterocycles. The van der Waals surface area contributed by atoms with E-state index in [1.807, 2.05) is 19.9 Å². The fourth-order valence-corrected chi connectivity index (χ4v) is 4.17. The van der Waals surface area contributed by atoms with Gasteiger partial charge in [0.2, 0.25) is 0 Å². The zero-order valence-corrected chi connectivity index (χ0v) is 13.3. The molecule has 0 aromatic carbocycles. The SMILES string of the molecule is Cc1cc(C)nc(C(=O)Nc2sc3c(c2C(N)=O)CCC3)c1. The third-order valence-electron chi connectivity index (χ3n) is 3.73. The van der Waals surface area contributed by atoms with Crippen LogP contribution in [0.3, 0.4) is 0 Å². The van der Waals surface area contributed by atoms with Gasteiger partial charge in [0.1, 0.15) is 10.7 Å². The first-order chi connectivity index (χ1) is 10.5. The lowest BCUT2D eigenvalue weighted by atomic mass is 10.1. The van der Waals surface area contributed by atoms with Crippen molar-refractivity contribution in [3.8, 4) is 0 Å². The van der Waals surface area contributed by atoms with Gasteiger partial charge in [0.15, 0.2) is 0 Å². The van der Waals surface area contributed by atoms with E-state index in [0.717, 1.165) is 41.0 Å². The number of primary amides is 1. The molecule has 6 heteroatoms. The largest absolute Gasteiger partial charge is 0.365 e. The van der Waals surface area contributed by atoms with Gasteiger partial charge in [-0.2, -0.15) is 0 Å². The highest BCUT2D eigenvalue weighted by Gasteiger charge is 2.26. The molecule has 1 aliphatic carbocycles. The lowest BCUT2D eigenvalue weighted by molar-refractivity contribution is 0.100. The molecule has 0 saturated heterocycles. The van der Waals surface area contributed by atoms with E-state index in [2.05, 4.69) is 10.3 Å². The minimum Gasteiger partial charge on any atom is -0.365 e. The number of hydrogen-bond donors (Lipinski definition) is 2. The molecule has 2 aromatic rings. The summed E-state index contributed by atoms with van der Waals surface area (Å²) in [5.74, 6) is -0.794. The first-order valence-electron chi connectivity index (χ1n) is 7.16. The molecule has 0 radical (unpaired) electrons. The van der Waals surface area contributed by atoms with Crippen molar-refractivity contribution >= 4 is 28.2 Å². The molecule has 22 heavy (non-hydrogen) atoms. The Labute approximate surface area is 132 Å². The average molecular weight is 315 g/mol. The fraction of sp³-hybridized carbons (Fsp3) is 0.312. The van der Waals surface area contributed by atoms with Crippen LogP contribution in [0.25, 0.3) is 0 Å². The molecule has 0 atom stereocenters. The van der Waals surface area contributed by atoms with E-state index in [-0.39, 0.29) is 5.91 Å². The van der Waals surface area contributed by atoms with E-state index in [4.69, 9.17) is 5.73 Å². The molecule has 1 aliphatic rings. The summed E-state index contributed by atoms with van der Waals surface area (Å²) in [4.78, 5) is 29.5.